The standard InChI is InChI=1S/C18H30N2O/c1-4-20-12-7-9-17(11-13-20)19-15(2)14-16-8-5-6-10-18(16)21-3/h5-6,8,10,15,17,19H,4,7,9,11-14H2,1-3H3. The fourth-order valence-corrected chi connectivity index (χ4v) is 3.30. The fraction of sp³-hybridized carbons (Fsp3) is 0.667. The molecule has 1 aliphatic rings. The molecule has 1 aromatic carbocycles. The Bertz CT molecular complexity index is 421. The minimum absolute atomic E-state index is 0.486. The monoisotopic (exact) mass is 290 g/mol. The Hall–Kier alpha value is -1.06. The van der Waals surface area contributed by atoms with Crippen molar-refractivity contribution in [2.24, 2.45) is 0 Å². The van der Waals surface area contributed by atoms with Gasteiger partial charge >= 0.3 is 0 Å². The molecular weight excluding hydrogens is 260 g/mol. The Morgan fingerprint density at radius 3 is 2.86 bits per heavy atom. The Morgan fingerprint density at radius 1 is 1.29 bits per heavy atom. The molecule has 2 atom stereocenters. The summed E-state index contributed by atoms with van der Waals surface area (Å²) in [5, 5.41) is 3.82. The third-order valence-electron chi connectivity index (χ3n) is 4.51. The molecule has 1 fully saturated rings. The topological polar surface area (TPSA) is 24.5 Å². The summed E-state index contributed by atoms with van der Waals surface area (Å²) in [6.45, 7) is 8.22. The summed E-state index contributed by atoms with van der Waals surface area (Å²) in [5.41, 5.74) is 1.30. The maximum Gasteiger partial charge on any atom is 0.122 e. The van der Waals surface area contributed by atoms with Crippen LogP contribution in [0.2, 0.25) is 0 Å². The number of hydrogen-bond donors (Lipinski definition) is 1. The summed E-state index contributed by atoms with van der Waals surface area (Å²) in [4.78, 5) is 2.56. The molecule has 118 valence electrons. The van der Waals surface area contributed by atoms with Crippen molar-refractivity contribution < 1.29 is 4.74 Å². The van der Waals surface area contributed by atoms with Gasteiger partial charge in [0, 0.05) is 12.1 Å². The molecule has 3 nitrogen and oxygen atoms in total. The zero-order valence-corrected chi connectivity index (χ0v) is 13.8. The van der Waals surface area contributed by atoms with Gasteiger partial charge in [-0.2, -0.15) is 0 Å². The van der Waals surface area contributed by atoms with E-state index in [9.17, 15) is 0 Å². The lowest BCUT2D eigenvalue weighted by atomic mass is 10.0. The second-order valence-electron chi connectivity index (χ2n) is 6.15. The van der Waals surface area contributed by atoms with E-state index in [1.165, 1.54) is 44.5 Å². The van der Waals surface area contributed by atoms with Crippen LogP contribution >= 0.6 is 0 Å². The van der Waals surface area contributed by atoms with E-state index < -0.39 is 0 Å². The minimum atomic E-state index is 0.486. The van der Waals surface area contributed by atoms with E-state index in [0.29, 0.717) is 12.1 Å². The van der Waals surface area contributed by atoms with Gasteiger partial charge < -0.3 is 15.0 Å². The molecule has 0 spiro atoms. The number of ether oxygens (including phenoxy) is 1. The highest BCUT2D eigenvalue weighted by atomic mass is 16.5. The van der Waals surface area contributed by atoms with Crippen molar-refractivity contribution in [3.63, 3.8) is 0 Å². The first-order valence-electron chi connectivity index (χ1n) is 8.33. The van der Waals surface area contributed by atoms with Crippen LogP contribution in [-0.4, -0.2) is 43.7 Å². The van der Waals surface area contributed by atoms with Crippen LogP contribution in [-0.2, 0) is 6.42 Å². The van der Waals surface area contributed by atoms with E-state index in [2.05, 4.69) is 36.2 Å². The van der Waals surface area contributed by atoms with E-state index in [4.69, 9.17) is 4.74 Å². The van der Waals surface area contributed by atoms with Crippen LogP contribution in [0.1, 0.15) is 38.7 Å². The van der Waals surface area contributed by atoms with Gasteiger partial charge in [-0.25, -0.2) is 0 Å². The highest BCUT2D eigenvalue weighted by Crippen LogP contribution is 2.19. The van der Waals surface area contributed by atoms with Gasteiger partial charge in [-0.05, 0) is 63.9 Å². The normalized spacial score (nSPS) is 21.8. The predicted octanol–water partition coefficient (Wildman–Crippen LogP) is 3.09. The van der Waals surface area contributed by atoms with Crippen molar-refractivity contribution in [3.05, 3.63) is 29.8 Å². The quantitative estimate of drug-likeness (QED) is 0.871. The van der Waals surface area contributed by atoms with Crippen molar-refractivity contribution in [2.45, 2.75) is 51.6 Å². The molecule has 1 heterocycles. The first-order valence-corrected chi connectivity index (χ1v) is 8.33. The highest BCUT2D eigenvalue weighted by Gasteiger charge is 2.18. The zero-order valence-electron chi connectivity index (χ0n) is 13.8. The lowest BCUT2D eigenvalue weighted by Gasteiger charge is -2.23. The molecule has 1 saturated heterocycles. The molecule has 0 aliphatic carbocycles. The Labute approximate surface area is 129 Å². The van der Waals surface area contributed by atoms with Crippen LogP contribution in [0.15, 0.2) is 24.3 Å². The molecule has 1 aromatic rings. The first kappa shape index (κ1) is 16.3. The third kappa shape index (κ3) is 5.01. The minimum Gasteiger partial charge on any atom is -0.496 e. The molecule has 3 heteroatoms. The number of methoxy groups -OCH3 is 1. The predicted molar refractivity (Wildman–Crippen MR) is 89.0 cm³/mol. The smallest absolute Gasteiger partial charge is 0.122 e. The molecule has 0 saturated carbocycles. The average Bonchev–Trinajstić information content (AvgIpc) is 2.73. The largest absolute Gasteiger partial charge is 0.496 e. The van der Waals surface area contributed by atoms with E-state index >= 15 is 0 Å². The average molecular weight is 290 g/mol. The van der Waals surface area contributed by atoms with Crippen LogP contribution < -0.4 is 10.1 Å². The van der Waals surface area contributed by atoms with Gasteiger partial charge in [0.1, 0.15) is 5.75 Å². The number of nitrogens with one attached hydrogen (secondary N) is 1. The summed E-state index contributed by atoms with van der Waals surface area (Å²) in [6.07, 6.45) is 4.90. The van der Waals surface area contributed by atoms with Crippen LogP contribution in [0.4, 0.5) is 0 Å². The second kappa shape index (κ2) is 8.40. The van der Waals surface area contributed by atoms with Crippen molar-refractivity contribution in [2.75, 3.05) is 26.7 Å². The van der Waals surface area contributed by atoms with Gasteiger partial charge in [-0.1, -0.05) is 25.1 Å². The third-order valence-corrected chi connectivity index (χ3v) is 4.51. The second-order valence-corrected chi connectivity index (χ2v) is 6.15. The van der Waals surface area contributed by atoms with E-state index in [1.807, 2.05) is 12.1 Å². The van der Waals surface area contributed by atoms with Gasteiger partial charge in [0.15, 0.2) is 0 Å². The molecule has 21 heavy (non-hydrogen) atoms. The summed E-state index contributed by atoms with van der Waals surface area (Å²) < 4.78 is 5.45. The van der Waals surface area contributed by atoms with Gasteiger partial charge in [0.2, 0.25) is 0 Å². The van der Waals surface area contributed by atoms with Crippen LogP contribution in [0.25, 0.3) is 0 Å². The summed E-state index contributed by atoms with van der Waals surface area (Å²) in [7, 11) is 1.75. The number of hydrogen-bond acceptors (Lipinski definition) is 3. The molecular formula is C18H30N2O. The number of nitrogens with zero attached hydrogens (tertiary/aromatic N) is 1. The Kier molecular flexibility index (Phi) is 6.52. The number of benzene rings is 1. The van der Waals surface area contributed by atoms with Gasteiger partial charge in [0.05, 0.1) is 7.11 Å². The molecule has 0 aromatic heterocycles. The van der Waals surface area contributed by atoms with Crippen molar-refractivity contribution in [1.82, 2.24) is 10.2 Å². The van der Waals surface area contributed by atoms with Crippen molar-refractivity contribution >= 4 is 0 Å². The Balaban J connectivity index is 1.85. The van der Waals surface area contributed by atoms with Crippen LogP contribution in [0.5, 0.6) is 5.75 Å². The maximum atomic E-state index is 5.45. The fourth-order valence-electron chi connectivity index (χ4n) is 3.30. The van der Waals surface area contributed by atoms with Crippen LogP contribution in [0.3, 0.4) is 0 Å². The lowest BCUT2D eigenvalue weighted by molar-refractivity contribution is 0.295. The summed E-state index contributed by atoms with van der Waals surface area (Å²) >= 11 is 0. The maximum absolute atomic E-state index is 5.45. The first-order chi connectivity index (χ1) is 10.2. The molecule has 0 bridgehead atoms. The van der Waals surface area contributed by atoms with Gasteiger partial charge in [-0.15, -0.1) is 0 Å². The Morgan fingerprint density at radius 2 is 2.10 bits per heavy atom. The van der Waals surface area contributed by atoms with Gasteiger partial charge in [0.25, 0.3) is 0 Å². The number of para-hydroxylation sites is 1. The van der Waals surface area contributed by atoms with E-state index in [0.717, 1.165) is 12.2 Å². The van der Waals surface area contributed by atoms with Crippen LogP contribution in [0, 0.1) is 0 Å². The molecule has 2 unspecified atom stereocenters. The molecule has 0 amide bonds. The molecule has 1 aliphatic heterocycles. The van der Waals surface area contributed by atoms with E-state index in [1.54, 1.807) is 7.11 Å². The number of likely N-dealkylation sites (tertiary alicyclic amines) is 1. The molecule has 2 rings (SSSR count). The van der Waals surface area contributed by atoms with E-state index in [-0.39, 0.29) is 0 Å². The number of rotatable bonds is 6. The highest BCUT2D eigenvalue weighted by molar-refractivity contribution is 5.33. The molecule has 0 radical (unpaired) electrons. The van der Waals surface area contributed by atoms with Crippen molar-refractivity contribution in [1.29, 1.82) is 0 Å². The molecule has 1 N–H and O–H groups in total. The zero-order chi connectivity index (χ0) is 15.1. The van der Waals surface area contributed by atoms with Gasteiger partial charge in [-0.3, -0.25) is 0 Å². The SMILES string of the molecule is CCN1CCCC(NC(C)Cc2ccccc2OC)CC1. The summed E-state index contributed by atoms with van der Waals surface area (Å²) in [5.74, 6) is 1.00. The van der Waals surface area contributed by atoms with Crippen molar-refractivity contribution in [3.8, 4) is 5.75 Å². The lowest BCUT2D eigenvalue weighted by Crippen LogP contribution is -2.38. The summed E-state index contributed by atoms with van der Waals surface area (Å²) in [6, 6.07) is 9.49.